The minimum Gasteiger partial charge on any atom is -0.495 e. The SMILES string of the molecule is COc1ccccc1N1CCCC(NS(=O)(=O)Cc2cccc(C(F)(F)F)c2)C1. The monoisotopic (exact) mass is 428 g/mol. The van der Waals surface area contributed by atoms with Crippen LogP contribution in [0.2, 0.25) is 0 Å². The first-order valence-corrected chi connectivity index (χ1v) is 10.9. The third-order valence-corrected chi connectivity index (χ3v) is 6.21. The Balaban J connectivity index is 1.69. The largest absolute Gasteiger partial charge is 0.495 e. The number of sulfonamides is 1. The van der Waals surface area contributed by atoms with Crippen molar-refractivity contribution in [2.24, 2.45) is 0 Å². The summed E-state index contributed by atoms with van der Waals surface area (Å²) in [6, 6.07) is 11.6. The van der Waals surface area contributed by atoms with Crippen molar-refractivity contribution in [3.63, 3.8) is 0 Å². The number of benzene rings is 2. The Labute approximate surface area is 168 Å². The fourth-order valence-corrected chi connectivity index (χ4v) is 4.94. The van der Waals surface area contributed by atoms with Gasteiger partial charge in [-0.1, -0.05) is 30.3 Å². The van der Waals surface area contributed by atoms with E-state index < -0.39 is 27.5 Å². The van der Waals surface area contributed by atoms with Crippen molar-refractivity contribution in [1.82, 2.24) is 4.72 Å². The standard InChI is InChI=1S/C20H23F3N2O3S/c1-28-19-10-3-2-9-18(19)25-11-5-8-17(13-25)24-29(26,27)14-15-6-4-7-16(12-15)20(21,22)23/h2-4,6-7,9-10,12,17,24H,5,8,11,13-14H2,1H3. The van der Waals surface area contributed by atoms with Crippen LogP contribution in [0.25, 0.3) is 0 Å². The summed E-state index contributed by atoms with van der Waals surface area (Å²) in [6.45, 7) is 1.23. The maximum Gasteiger partial charge on any atom is 0.416 e. The van der Waals surface area contributed by atoms with Gasteiger partial charge in [0.2, 0.25) is 10.0 Å². The van der Waals surface area contributed by atoms with Gasteiger partial charge in [-0.3, -0.25) is 0 Å². The average Bonchev–Trinajstić information content (AvgIpc) is 2.67. The van der Waals surface area contributed by atoms with E-state index >= 15 is 0 Å². The van der Waals surface area contributed by atoms with Crippen LogP contribution in [-0.2, 0) is 22.0 Å². The van der Waals surface area contributed by atoms with Crippen LogP contribution in [-0.4, -0.2) is 34.7 Å². The first-order chi connectivity index (χ1) is 13.7. The van der Waals surface area contributed by atoms with Gasteiger partial charge >= 0.3 is 6.18 Å². The lowest BCUT2D eigenvalue weighted by Crippen LogP contribution is -2.48. The third kappa shape index (κ3) is 5.63. The molecule has 29 heavy (non-hydrogen) atoms. The van der Waals surface area contributed by atoms with E-state index in [1.807, 2.05) is 24.3 Å². The van der Waals surface area contributed by atoms with Gasteiger partial charge in [0, 0.05) is 19.1 Å². The molecule has 1 fully saturated rings. The number of hydrogen-bond donors (Lipinski definition) is 1. The highest BCUT2D eigenvalue weighted by Crippen LogP contribution is 2.31. The van der Waals surface area contributed by atoms with E-state index in [0.29, 0.717) is 18.7 Å². The molecule has 2 aromatic rings. The highest BCUT2D eigenvalue weighted by atomic mass is 32.2. The Morgan fingerprint density at radius 2 is 1.93 bits per heavy atom. The zero-order valence-corrected chi connectivity index (χ0v) is 16.8. The van der Waals surface area contributed by atoms with Gasteiger partial charge in [0.1, 0.15) is 5.75 Å². The van der Waals surface area contributed by atoms with Gasteiger partial charge in [0.05, 0.1) is 24.1 Å². The van der Waals surface area contributed by atoms with Crippen LogP contribution in [0, 0.1) is 0 Å². The molecule has 0 bridgehead atoms. The minimum absolute atomic E-state index is 0.102. The molecule has 0 radical (unpaired) electrons. The molecule has 1 saturated heterocycles. The number of para-hydroxylation sites is 2. The number of methoxy groups -OCH3 is 1. The summed E-state index contributed by atoms with van der Waals surface area (Å²) in [4.78, 5) is 2.06. The molecule has 5 nitrogen and oxygen atoms in total. The normalized spacial score (nSPS) is 17.9. The molecule has 0 amide bonds. The summed E-state index contributed by atoms with van der Waals surface area (Å²) in [6.07, 6.45) is -3.06. The highest BCUT2D eigenvalue weighted by Gasteiger charge is 2.31. The number of piperidine rings is 1. The minimum atomic E-state index is -4.51. The lowest BCUT2D eigenvalue weighted by molar-refractivity contribution is -0.137. The van der Waals surface area contributed by atoms with E-state index in [1.54, 1.807) is 7.11 Å². The van der Waals surface area contributed by atoms with Crippen LogP contribution in [0.3, 0.4) is 0 Å². The van der Waals surface area contributed by atoms with E-state index in [0.717, 1.165) is 30.8 Å². The summed E-state index contributed by atoms with van der Waals surface area (Å²) >= 11 is 0. The lowest BCUT2D eigenvalue weighted by Gasteiger charge is -2.35. The van der Waals surface area contributed by atoms with Crippen LogP contribution in [0.15, 0.2) is 48.5 Å². The maximum absolute atomic E-state index is 12.9. The Kier molecular flexibility index (Phi) is 6.38. The van der Waals surface area contributed by atoms with Crippen LogP contribution in [0.5, 0.6) is 5.75 Å². The zero-order valence-electron chi connectivity index (χ0n) is 15.9. The number of anilines is 1. The lowest BCUT2D eigenvalue weighted by atomic mass is 10.1. The number of nitrogens with zero attached hydrogens (tertiary/aromatic N) is 1. The van der Waals surface area contributed by atoms with Crippen molar-refractivity contribution < 1.29 is 26.3 Å². The molecule has 9 heteroatoms. The molecule has 0 aliphatic carbocycles. The fraction of sp³-hybridized carbons (Fsp3) is 0.400. The van der Waals surface area contributed by atoms with Crippen molar-refractivity contribution in [2.45, 2.75) is 30.8 Å². The van der Waals surface area contributed by atoms with Crippen molar-refractivity contribution >= 4 is 15.7 Å². The summed E-state index contributed by atoms with van der Waals surface area (Å²) in [5.41, 5.74) is 0.131. The van der Waals surface area contributed by atoms with E-state index in [1.165, 1.54) is 12.1 Å². The molecule has 0 spiro atoms. The summed E-state index contributed by atoms with van der Waals surface area (Å²) in [5, 5.41) is 0. The molecule has 1 atom stereocenters. The van der Waals surface area contributed by atoms with Gasteiger partial charge in [-0.25, -0.2) is 13.1 Å². The Hall–Kier alpha value is -2.26. The van der Waals surface area contributed by atoms with E-state index in [9.17, 15) is 21.6 Å². The average molecular weight is 428 g/mol. The molecule has 1 heterocycles. The second-order valence-electron chi connectivity index (χ2n) is 7.03. The highest BCUT2D eigenvalue weighted by molar-refractivity contribution is 7.88. The molecule has 1 N–H and O–H groups in total. The number of halogens is 3. The number of ether oxygens (including phenoxy) is 1. The predicted molar refractivity (Wildman–Crippen MR) is 105 cm³/mol. The Bertz CT molecular complexity index is 948. The maximum atomic E-state index is 12.9. The summed E-state index contributed by atoms with van der Waals surface area (Å²) in [5.74, 6) is 0.210. The van der Waals surface area contributed by atoms with Crippen LogP contribution in [0.1, 0.15) is 24.0 Å². The molecule has 0 aromatic heterocycles. The fourth-order valence-electron chi connectivity index (χ4n) is 3.54. The number of alkyl halides is 3. The van der Waals surface area contributed by atoms with Crippen molar-refractivity contribution in [3.05, 3.63) is 59.7 Å². The quantitative estimate of drug-likeness (QED) is 0.760. The molecule has 1 aliphatic rings. The smallest absolute Gasteiger partial charge is 0.416 e. The second-order valence-corrected chi connectivity index (χ2v) is 8.79. The van der Waals surface area contributed by atoms with Crippen molar-refractivity contribution in [1.29, 1.82) is 0 Å². The molecular formula is C20H23F3N2O3S. The molecule has 1 unspecified atom stereocenters. The van der Waals surface area contributed by atoms with E-state index in [4.69, 9.17) is 4.74 Å². The van der Waals surface area contributed by atoms with Crippen LogP contribution >= 0.6 is 0 Å². The third-order valence-electron chi connectivity index (χ3n) is 4.80. The van der Waals surface area contributed by atoms with Crippen LogP contribution in [0.4, 0.5) is 18.9 Å². The second kappa shape index (κ2) is 8.62. The molecular weight excluding hydrogens is 405 g/mol. The number of rotatable bonds is 6. The molecule has 158 valence electrons. The first-order valence-electron chi connectivity index (χ1n) is 9.22. The summed E-state index contributed by atoms with van der Waals surface area (Å²) < 4.78 is 71.7. The molecule has 3 rings (SSSR count). The zero-order chi connectivity index (χ0) is 21.1. The van der Waals surface area contributed by atoms with Gasteiger partial charge in [0.25, 0.3) is 0 Å². The van der Waals surface area contributed by atoms with Gasteiger partial charge in [0.15, 0.2) is 0 Å². The van der Waals surface area contributed by atoms with Crippen molar-refractivity contribution in [3.8, 4) is 5.75 Å². The Morgan fingerprint density at radius 1 is 1.17 bits per heavy atom. The molecule has 2 aromatic carbocycles. The topological polar surface area (TPSA) is 58.6 Å². The van der Waals surface area contributed by atoms with E-state index in [2.05, 4.69) is 9.62 Å². The van der Waals surface area contributed by atoms with Crippen LogP contribution < -0.4 is 14.4 Å². The van der Waals surface area contributed by atoms with E-state index in [-0.39, 0.29) is 11.6 Å². The van der Waals surface area contributed by atoms with Gasteiger partial charge in [-0.2, -0.15) is 13.2 Å². The molecule has 0 saturated carbocycles. The van der Waals surface area contributed by atoms with Crippen molar-refractivity contribution in [2.75, 3.05) is 25.1 Å². The Morgan fingerprint density at radius 3 is 2.66 bits per heavy atom. The van der Waals surface area contributed by atoms with Gasteiger partial charge in [-0.15, -0.1) is 0 Å². The predicted octanol–water partition coefficient (Wildman–Crippen LogP) is 3.80. The van der Waals surface area contributed by atoms with Gasteiger partial charge in [-0.05, 0) is 36.6 Å². The summed E-state index contributed by atoms with van der Waals surface area (Å²) in [7, 11) is -2.21. The number of nitrogens with one attached hydrogen (secondary N) is 1. The first kappa shape index (κ1) is 21.4. The van der Waals surface area contributed by atoms with Gasteiger partial charge < -0.3 is 9.64 Å². The molecule has 1 aliphatic heterocycles. The number of hydrogen-bond acceptors (Lipinski definition) is 4.